The number of ether oxygens (including phenoxy) is 1. The van der Waals surface area contributed by atoms with E-state index in [0.29, 0.717) is 65.8 Å². The van der Waals surface area contributed by atoms with E-state index < -0.39 is 11.6 Å². The lowest BCUT2D eigenvalue weighted by Crippen LogP contribution is -2.43. The largest absolute Gasteiger partial charge is 0.378 e. The Bertz CT molecular complexity index is 1580. The zero-order valence-electron chi connectivity index (χ0n) is 21.8. The zero-order chi connectivity index (χ0) is 26.9. The molecule has 1 atom stereocenters. The Hall–Kier alpha value is -3.94. The molecule has 4 aromatic rings. The van der Waals surface area contributed by atoms with Gasteiger partial charge in [-0.15, -0.1) is 6.42 Å². The maximum absolute atomic E-state index is 16.5. The number of rotatable bonds is 5. The second-order valence-electron chi connectivity index (χ2n) is 10.0. The van der Waals surface area contributed by atoms with Crippen LogP contribution in [0.25, 0.3) is 32.9 Å². The standard InChI is InChI=1S/C29H29F2N7O/c1-3-20-23(30)8-7-18-14-32-15-21(24(18)20)26-25(31)27-22(16-34-26)28(37(2)17-19-6-4-5-9-33-19)36-29(35-27)38-10-12-39-13-11-38/h1,7-8,14-16,19,33H,4-6,9-13,17H2,2H3/t19-/m1/s1. The maximum Gasteiger partial charge on any atom is 0.228 e. The maximum atomic E-state index is 16.5. The van der Waals surface area contributed by atoms with Gasteiger partial charge in [-0.2, -0.15) is 4.98 Å². The number of pyridine rings is 2. The van der Waals surface area contributed by atoms with E-state index in [4.69, 9.17) is 16.1 Å². The molecule has 0 saturated carbocycles. The lowest BCUT2D eigenvalue weighted by atomic mass is 9.98. The molecule has 8 nitrogen and oxygen atoms in total. The monoisotopic (exact) mass is 529 g/mol. The number of nitrogens with one attached hydrogen (secondary N) is 1. The van der Waals surface area contributed by atoms with Gasteiger partial charge in [0.05, 0.1) is 24.2 Å². The van der Waals surface area contributed by atoms with E-state index in [9.17, 15) is 4.39 Å². The molecule has 2 saturated heterocycles. The van der Waals surface area contributed by atoms with Crippen molar-refractivity contribution in [2.24, 2.45) is 0 Å². The van der Waals surface area contributed by atoms with E-state index in [-0.39, 0.29) is 16.8 Å². The van der Waals surface area contributed by atoms with Crippen LogP contribution in [0.5, 0.6) is 0 Å². The van der Waals surface area contributed by atoms with Crippen molar-refractivity contribution in [3.05, 3.63) is 47.9 Å². The van der Waals surface area contributed by atoms with Crippen molar-refractivity contribution in [2.75, 3.05) is 56.2 Å². The number of hydrogen-bond acceptors (Lipinski definition) is 8. The molecule has 2 fully saturated rings. The molecule has 0 amide bonds. The number of anilines is 2. The molecule has 0 bridgehead atoms. The molecule has 1 N–H and O–H groups in total. The van der Waals surface area contributed by atoms with Crippen LogP contribution in [0.1, 0.15) is 24.8 Å². The van der Waals surface area contributed by atoms with E-state index in [1.807, 2.05) is 16.8 Å². The Morgan fingerprint density at radius 3 is 2.77 bits per heavy atom. The number of piperidine rings is 1. The van der Waals surface area contributed by atoms with E-state index in [0.717, 1.165) is 19.5 Å². The Morgan fingerprint density at radius 1 is 1.15 bits per heavy atom. The first-order valence-corrected chi connectivity index (χ1v) is 13.2. The van der Waals surface area contributed by atoms with Crippen molar-refractivity contribution >= 4 is 33.4 Å². The molecule has 0 spiro atoms. The smallest absolute Gasteiger partial charge is 0.228 e. The molecule has 6 rings (SSSR count). The Kier molecular flexibility index (Phi) is 6.94. The average Bonchev–Trinajstić information content (AvgIpc) is 2.98. The molecule has 2 aliphatic rings. The first-order chi connectivity index (χ1) is 19.0. The van der Waals surface area contributed by atoms with E-state index in [2.05, 4.69) is 26.2 Å². The van der Waals surface area contributed by atoms with Gasteiger partial charge in [0.25, 0.3) is 0 Å². The lowest BCUT2D eigenvalue weighted by Gasteiger charge is -2.31. The van der Waals surface area contributed by atoms with Crippen LogP contribution >= 0.6 is 0 Å². The van der Waals surface area contributed by atoms with Gasteiger partial charge in [0.2, 0.25) is 5.95 Å². The molecular formula is C29H29F2N7O. The van der Waals surface area contributed by atoms with Crippen molar-refractivity contribution in [1.82, 2.24) is 25.3 Å². The predicted octanol–water partition coefficient (Wildman–Crippen LogP) is 3.91. The second kappa shape index (κ2) is 10.7. The highest BCUT2D eigenvalue weighted by atomic mass is 19.1. The average molecular weight is 530 g/mol. The number of aromatic nitrogens is 4. The second-order valence-corrected chi connectivity index (χ2v) is 10.0. The van der Waals surface area contributed by atoms with Gasteiger partial charge in [-0.05, 0) is 31.5 Å². The molecule has 0 radical (unpaired) electrons. The third kappa shape index (κ3) is 4.73. The summed E-state index contributed by atoms with van der Waals surface area (Å²) in [6, 6.07) is 3.18. The highest BCUT2D eigenvalue weighted by molar-refractivity contribution is 6.01. The number of halogens is 2. The van der Waals surface area contributed by atoms with Gasteiger partial charge < -0.3 is 19.9 Å². The number of fused-ring (bicyclic) bond motifs is 2. The number of benzene rings is 1. The summed E-state index contributed by atoms with van der Waals surface area (Å²) in [4.78, 5) is 22.4. The number of nitrogens with zero attached hydrogens (tertiary/aromatic N) is 6. The minimum absolute atomic E-state index is 0.0110. The Balaban J connectivity index is 1.53. The molecule has 10 heteroatoms. The highest BCUT2D eigenvalue weighted by Crippen LogP contribution is 2.36. The van der Waals surface area contributed by atoms with Crippen LogP contribution in [-0.2, 0) is 4.74 Å². The molecule has 5 heterocycles. The van der Waals surface area contributed by atoms with Gasteiger partial charge in [-0.3, -0.25) is 9.97 Å². The third-order valence-electron chi connectivity index (χ3n) is 7.49. The van der Waals surface area contributed by atoms with Crippen LogP contribution in [0.3, 0.4) is 0 Å². The quantitative estimate of drug-likeness (QED) is 0.390. The summed E-state index contributed by atoms with van der Waals surface area (Å²) in [5.74, 6) is 2.27. The van der Waals surface area contributed by atoms with Crippen molar-refractivity contribution in [3.63, 3.8) is 0 Å². The van der Waals surface area contributed by atoms with Crippen LogP contribution in [0, 0.1) is 24.0 Å². The van der Waals surface area contributed by atoms with Gasteiger partial charge in [0.15, 0.2) is 5.82 Å². The topological polar surface area (TPSA) is 79.3 Å². The van der Waals surface area contributed by atoms with Crippen molar-refractivity contribution < 1.29 is 13.5 Å². The fourth-order valence-corrected chi connectivity index (χ4v) is 5.48. The SMILES string of the molecule is C#Cc1c(F)ccc2cncc(-c3ncc4c(N(C)C[C@H]5CCCCN5)nc(N5CCOCC5)nc4c3F)c12. The fourth-order valence-electron chi connectivity index (χ4n) is 5.48. The summed E-state index contributed by atoms with van der Waals surface area (Å²) >= 11 is 0. The molecule has 39 heavy (non-hydrogen) atoms. The lowest BCUT2D eigenvalue weighted by molar-refractivity contribution is 0.122. The zero-order valence-corrected chi connectivity index (χ0v) is 21.8. The van der Waals surface area contributed by atoms with Gasteiger partial charge in [-0.25, -0.2) is 13.8 Å². The first kappa shape index (κ1) is 25.3. The van der Waals surface area contributed by atoms with Crippen LogP contribution < -0.4 is 15.1 Å². The number of hydrogen-bond donors (Lipinski definition) is 1. The van der Waals surface area contributed by atoms with Crippen molar-refractivity contribution in [1.29, 1.82) is 0 Å². The summed E-state index contributed by atoms with van der Waals surface area (Å²) in [6.45, 7) is 4.01. The number of terminal acetylenes is 1. The molecular weight excluding hydrogens is 500 g/mol. The predicted molar refractivity (Wildman–Crippen MR) is 148 cm³/mol. The summed E-state index contributed by atoms with van der Waals surface area (Å²) in [6.07, 6.45) is 13.7. The molecule has 0 unspecified atom stereocenters. The summed E-state index contributed by atoms with van der Waals surface area (Å²) in [7, 11) is 1.96. The molecule has 2 aliphatic heterocycles. The fraction of sp³-hybridized carbons (Fsp3) is 0.379. The van der Waals surface area contributed by atoms with Crippen molar-refractivity contribution in [2.45, 2.75) is 25.3 Å². The molecule has 3 aromatic heterocycles. The van der Waals surface area contributed by atoms with Gasteiger partial charge in [0.1, 0.15) is 22.8 Å². The van der Waals surface area contributed by atoms with Crippen LogP contribution in [0.4, 0.5) is 20.5 Å². The third-order valence-corrected chi connectivity index (χ3v) is 7.49. The van der Waals surface area contributed by atoms with E-state index in [1.165, 1.54) is 25.1 Å². The van der Waals surface area contributed by atoms with Crippen LogP contribution in [0.2, 0.25) is 0 Å². The number of morpholine rings is 1. The van der Waals surface area contributed by atoms with E-state index in [1.54, 1.807) is 18.5 Å². The van der Waals surface area contributed by atoms with Gasteiger partial charge in [-0.1, -0.05) is 12.3 Å². The Labute approximate surface area is 225 Å². The molecule has 1 aromatic carbocycles. The van der Waals surface area contributed by atoms with Crippen molar-refractivity contribution in [3.8, 4) is 23.6 Å². The minimum atomic E-state index is -0.628. The normalized spacial score (nSPS) is 17.9. The van der Waals surface area contributed by atoms with Crippen LogP contribution in [-0.4, -0.2) is 72.4 Å². The van der Waals surface area contributed by atoms with Gasteiger partial charge in [0, 0.05) is 67.7 Å². The number of likely N-dealkylation sites (N-methyl/N-ethyl adjacent to an activating group) is 1. The van der Waals surface area contributed by atoms with Gasteiger partial charge >= 0.3 is 0 Å². The molecule has 200 valence electrons. The summed E-state index contributed by atoms with van der Waals surface area (Å²) < 4.78 is 36.6. The highest BCUT2D eigenvalue weighted by Gasteiger charge is 2.25. The van der Waals surface area contributed by atoms with E-state index >= 15 is 4.39 Å². The minimum Gasteiger partial charge on any atom is -0.378 e. The molecule has 0 aliphatic carbocycles. The summed E-state index contributed by atoms with van der Waals surface area (Å²) in [5.41, 5.74) is 0.512. The summed E-state index contributed by atoms with van der Waals surface area (Å²) in [5, 5.41) is 5.06. The van der Waals surface area contributed by atoms with Crippen LogP contribution in [0.15, 0.2) is 30.7 Å². The first-order valence-electron chi connectivity index (χ1n) is 13.2. The Morgan fingerprint density at radius 2 is 2.00 bits per heavy atom.